The Balaban J connectivity index is 1.09. The third-order valence-corrected chi connectivity index (χ3v) is 7.75. The van der Waals surface area contributed by atoms with Crippen LogP contribution in [0.15, 0.2) is 103 Å². The van der Waals surface area contributed by atoms with E-state index in [-0.39, 0.29) is 0 Å². The fourth-order valence-corrected chi connectivity index (χ4v) is 5.42. The van der Waals surface area contributed by atoms with E-state index in [0.717, 1.165) is 13.0 Å². The Hall–Kier alpha value is -2.87. The maximum Gasteiger partial charge on any atom is 0.164 e. The molecule has 0 fully saturated rings. The molecule has 1 aliphatic carbocycles. The first kappa shape index (κ1) is 30.7. The molecule has 1 aromatic carbocycles. The van der Waals surface area contributed by atoms with E-state index in [0.29, 0.717) is 5.92 Å². The van der Waals surface area contributed by atoms with Gasteiger partial charge >= 0.3 is 0 Å². The van der Waals surface area contributed by atoms with Crippen molar-refractivity contribution in [2.24, 2.45) is 5.92 Å². The molecule has 0 bridgehead atoms. The van der Waals surface area contributed by atoms with Crippen LogP contribution in [0, 0.1) is 5.92 Å². The lowest BCUT2D eigenvalue weighted by Gasteiger charge is -2.14. The average Bonchev–Trinajstić information content (AvgIpc) is 2.97. The quantitative estimate of drug-likeness (QED) is 0.102. The van der Waals surface area contributed by atoms with Crippen molar-refractivity contribution >= 4 is 6.21 Å². The van der Waals surface area contributed by atoms with Gasteiger partial charge in [0.2, 0.25) is 0 Å². The first-order chi connectivity index (χ1) is 19.3. The minimum atomic E-state index is 0.687. The second-order valence-electron chi connectivity index (χ2n) is 11.2. The molecule has 0 saturated heterocycles. The molecular weight excluding hydrogens is 472 g/mol. The first-order valence-corrected chi connectivity index (χ1v) is 15.7. The van der Waals surface area contributed by atoms with Crippen LogP contribution in [0.25, 0.3) is 0 Å². The second-order valence-corrected chi connectivity index (χ2v) is 11.2. The van der Waals surface area contributed by atoms with E-state index in [9.17, 15) is 0 Å². The SMILES string of the molecule is C=C/C=C(\C=C/NCCCCCCCCCCCC[N+]1=CCC(CC2=CCCC=C2)C=C1)Cc1ccccc1. The van der Waals surface area contributed by atoms with Crippen molar-refractivity contribution in [3.63, 3.8) is 0 Å². The van der Waals surface area contributed by atoms with Crippen LogP contribution < -0.4 is 5.32 Å². The highest BCUT2D eigenvalue weighted by atomic mass is 15.0. The predicted octanol–water partition coefficient (Wildman–Crippen LogP) is 9.63. The van der Waals surface area contributed by atoms with Crippen LogP contribution >= 0.6 is 0 Å². The van der Waals surface area contributed by atoms with Crippen LogP contribution in [0.4, 0.5) is 0 Å². The molecule has 1 unspecified atom stereocenters. The summed E-state index contributed by atoms with van der Waals surface area (Å²) in [5.74, 6) is 0.687. The molecule has 1 heterocycles. The van der Waals surface area contributed by atoms with Crippen molar-refractivity contribution in [2.75, 3.05) is 13.1 Å². The molecule has 1 N–H and O–H groups in total. The first-order valence-electron chi connectivity index (χ1n) is 15.7. The van der Waals surface area contributed by atoms with Gasteiger partial charge in [-0.3, -0.25) is 0 Å². The Morgan fingerprint density at radius 3 is 2.33 bits per heavy atom. The van der Waals surface area contributed by atoms with Crippen LogP contribution in [0.1, 0.15) is 95.5 Å². The molecule has 0 aromatic heterocycles. The van der Waals surface area contributed by atoms with Crippen LogP contribution in [-0.4, -0.2) is 23.9 Å². The van der Waals surface area contributed by atoms with Gasteiger partial charge in [-0.15, -0.1) is 0 Å². The summed E-state index contributed by atoms with van der Waals surface area (Å²) in [4.78, 5) is 0. The Morgan fingerprint density at radius 1 is 0.923 bits per heavy atom. The van der Waals surface area contributed by atoms with Gasteiger partial charge in [-0.1, -0.05) is 118 Å². The zero-order valence-electron chi connectivity index (χ0n) is 24.4. The van der Waals surface area contributed by atoms with E-state index in [1.54, 1.807) is 0 Å². The maximum absolute atomic E-state index is 3.86. The van der Waals surface area contributed by atoms with E-state index in [4.69, 9.17) is 0 Å². The van der Waals surface area contributed by atoms with Gasteiger partial charge in [-0.25, -0.2) is 4.58 Å². The number of hydrogen-bond donors (Lipinski definition) is 1. The van der Waals surface area contributed by atoms with Gasteiger partial charge in [0.1, 0.15) is 12.8 Å². The standard InChI is InChI=1S/C37H53N2/c1-2-19-34(32-35-20-13-11-14-21-35)24-28-38-27-17-9-7-5-3-4-6-8-10-18-29-39-30-25-37(26-31-39)33-36-22-15-12-16-23-36/h2,11,13-15,19-25,28,30-31,37-38H,1,3-10,12,16-18,26-27,29,32-33H2/q+1/b28-24-,34-19+. The molecule has 1 atom stereocenters. The van der Waals surface area contributed by atoms with Crippen molar-refractivity contribution in [1.29, 1.82) is 0 Å². The number of rotatable bonds is 20. The van der Waals surface area contributed by atoms with E-state index < -0.39 is 0 Å². The van der Waals surface area contributed by atoms with Gasteiger partial charge in [-0.05, 0) is 73.9 Å². The van der Waals surface area contributed by atoms with Crippen molar-refractivity contribution in [1.82, 2.24) is 5.32 Å². The smallest absolute Gasteiger partial charge is 0.164 e. The lowest BCUT2D eigenvalue weighted by Crippen LogP contribution is -2.15. The summed E-state index contributed by atoms with van der Waals surface area (Å²) in [5.41, 5.74) is 4.14. The Bertz CT molecular complexity index is 990. The molecule has 1 aromatic rings. The van der Waals surface area contributed by atoms with Gasteiger partial charge in [0.15, 0.2) is 6.20 Å². The second kappa shape index (κ2) is 20.1. The minimum absolute atomic E-state index is 0.687. The molecule has 2 nitrogen and oxygen atoms in total. The van der Waals surface area contributed by atoms with E-state index in [1.165, 1.54) is 113 Å². The molecule has 3 rings (SSSR count). The van der Waals surface area contributed by atoms with Gasteiger partial charge in [-0.2, -0.15) is 0 Å². The lowest BCUT2D eigenvalue weighted by atomic mass is 9.92. The van der Waals surface area contributed by atoms with Crippen molar-refractivity contribution in [3.8, 4) is 0 Å². The van der Waals surface area contributed by atoms with Crippen LogP contribution in [-0.2, 0) is 6.42 Å². The molecule has 1 aliphatic heterocycles. The summed E-state index contributed by atoms with van der Waals surface area (Å²) < 4.78 is 2.42. The van der Waals surface area contributed by atoms with E-state index in [1.807, 2.05) is 6.08 Å². The molecule has 39 heavy (non-hydrogen) atoms. The highest BCUT2D eigenvalue weighted by Crippen LogP contribution is 2.22. The summed E-state index contributed by atoms with van der Waals surface area (Å²) in [5, 5.41) is 3.46. The molecular formula is C37H53N2+. The van der Waals surface area contributed by atoms with Crippen molar-refractivity contribution in [2.45, 2.75) is 96.3 Å². The number of unbranched alkanes of at least 4 members (excludes halogenated alkanes) is 9. The normalized spacial score (nSPS) is 17.3. The highest BCUT2D eigenvalue weighted by Gasteiger charge is 2.15. The summed E-state index contributed by atoms with van der Waals surface area (Å²) >= 11 is 0. The van der Waals surface area contributed by atoms with Crippen LogP contribution in [0.3, 0.4) is 0 Å². The molecule has 0 saturated carbocycles. The predicted molar refractivity (Wildman–Crippen MR) is 171 cm³/mol. The molecule has 0 spiro atoms. The van der Waals surface area contributed by atoms with Gasteiger partial charge in [0.25, 0.3) is 0 Å². The Morgan fingerprint density at radius 2 is 1.67 bits per heavy atom. The molecule has 210 valence electrons. The summed E-state index contributed by atoms with van der Waals surface area (Å²) in [6.07, 6.45) is 41.9. The highest BCUT2D eigenvalue weighted by molar-refractivity contribution is 5.53. The number of benzene rings is 1. The third kappa shape index (κ3) is 14.2. The molecule has 0 amide bonds. The Kier molecular flexibility index (Phi) is 15.8. The van der Waals surface area contributed by atoms with Crippen molar-refractivity contribution in [3.05, 3.63) is 109 Å². The maximum atomic E-state index is 3.86. The Labute approximate surface area is 239 Å². The van der Waals surface area contributed by atoms with E-state index in [2.05, 4.69) is 102 Å². The van der Waals surface area contributed by atoms with Gasteiger partial charge in [0, 0.05) is 19.4 Å². The van der Waals surface area contributed by atoms with E-state index >= 15 is 0 Å². The van der Waals surface area contributed by atoms with Crippen LogP contribution in [0.2, 0.25) is 0 Å². The number of nitrogens with one attached hydrogen (secondary N) is 1. The monoisotopic (exact) mass is 525 g/mol. The molecule has 0 radical (unpaired) electrons. The lowest BCUT2D eigenvalue weighted by molar-refractivity contribution is -0.456. The summed E-state index contributed by atoms with van der Waals surface area (Å²) in [6, 6.07) is 10.6. The summed E-state index contributed by atoms with van der Waals surface area (Å²) in [6.45, 7) is 6.10. The third-order valence-electron chi connectivity index (χ3n) is 7.75. The zero-order chi connectivity index (χ0) is 27.2. The fourth-order valence-electron chi connectivity index (χ4n) is 5.42. The fraction of sp³-hybridized carbons (Fsp3) is 0.486. The average molecular weight is 526 g/mol. The topological polar surface area (TPSA) is 15.0 Å². The largest absolute Gasteiger partial charge is 0.391 e. The number of nitrogens with zero attached hydrogens (tertiary/aromatic N) is 1. The number of allylic oxidation sites excluding steroid dienone is 9. The minimum Gasteiger partial charge on any atom is -0.391 e. The van der Waals surface area contributed by atoms with Gasteiger partial charge in [0.05, 0.1) is 0 Å². The molecule has 2 aliphatic rings. The molecule has 2 heteroatoms. The van der Waals surface area contributed by atoms with Crippen molar-refractivity contribution < 1.29 is 4.58 Å². The van der Waals surface area contributed by atoms with Crippen LogP contribution in [0.5, 0.6) is 0 Å². The van der Waals surface area contributed by atoms with Gasteiger partial charge < -0.3 is 5.32 Å². The number of hydrogen-bond acceptors (Lipinski definition) is 1. The summed E-state index contributed by atoms with van der Waals surface area (Å²) in [7, 11) is 0. The zero-order valence-corrected chi connectivity index (χ0v) is 24.4.